The second-order valence-corrected chi connectivity index (χ2v) is 10.6. The van der Waals surface area contributed by atoms with Crippen LogP contribution in [0.4, 0.5) is 9.52 Å². The highest BCUT2D eigenvalue weighted by atomic mass is 35.5. The second kappa shape index (κ2) is 11.4. The number of rotatable bonds is 8. The normalized spacial score (nSPS) is 14.5. The largest absolute Gasteiger partial charge is 0.481 e. The van der Waals surface area contributed by atoms with Gasteiger partial charge in [0, 0.05) is 32.4 Å². The maximum Gasteiger partial charge on any atom is 0.266 e. The van der Waals surface area contributed by atoms with E-state index in [2.05, 4.69) is 9.88 Å². The van der Waals surface area contributed by atoms with Crippen molar-refractivity contribution in [2.75, 3.05) is 57.2 Å². The quantitative estimate of drug-likeness (QED) is 0.443. The van der Waals surface area contributed by atoms with Gasteiger partial charge < -0.3 is 9.47 Å². The van der Waals surface area contributed by atoms with Crippen LogP contribution in [0.25, 0.3) is 10.2 Å². The van der Waals surface area contributed by atoms with Gasteiger partial charge in [0.25, 0.3) is 5.91 Å². The molecule has 1 fully saturated rings. The number of amides is 1. The van der Waals surface area contributed by atoms with Crippen molar-refractivity contribution in [3.63, 3.8) is 0 Å². The van der Waals surface area contributed by atoms with Crippen LogP contribution in [0.5, 0.6) is 5.75 Å². The van der Waals surface area contributed by atoms with Gasteiger partial charge in [-0.2, -0.15) is 0 Å². The van der Waals surface area contributed by atoms with E-state index in [1.807, 2.05) is 0 Å². The minimum Gasteiger partial charge on any atom is -0.481 e. The summed E-state index contributed by atoms with van der Waals surface area (Å²) in [6, 6.07) is 10.8. The Hall–Kier alpha value is -2.31. The van der Waals surface area contributed by atoms with Gasteiger partial charge in [0.1, 0.15) is 5.52 Å². The number of halogens is 2. The first-order chi connectivity index (χ1) is 15.8. The lowest BCUT2D eigenvalue weighted by Crippen LogP contribution is -2.44. The van der Waals surface area contributed by atoms with Crippen LogP contribution in [-0.4, -0.2) is 76.5 Å². The third-order valence-corrected chi connectivity index (χ3v) is 7.41. The van der Waals surface area contributed by atoms with Crippen molar-refractivity contribution in [1.82, 2.24) is 9.88 Å². The minimum absolute atomic E-state index is 0. The molecule has 4 rings (SSSR count). The minimum atomic E-state index is -3.49. The maximum atomic E-state index is 13.9. The molecular weight excluding hydrogens is 505 g/mol. The fraction of sp³-hybridized carbons (Fsp3) is 0.364. The fourth-order valence-corrected chi connectivity index (χ4v) is 5.43. The summed E-state index contributed by atoms with van der Waals surface area (Å²) in [6.45, 7) is 3.31. The molecule has 2 heterocycles. The van der Waals surface area contributed by atoms with Gasteiger partial charge in [-0.05, 0) is 24.3 Å². The van der Waals surface area contributed by atoms with Crippen LogP contribution in [0, 0.1) is 5.82 Å². The number of benzene rings is 2. The van der Waals surface area contributed by atoms with E-state index in [1.165, 1.54) is 34.4 Å². The predicted octanol–water partition coefficient (Wildman–Crippen LogP) is 3.00. The van der Waals surface area contributed by atoms with E-state index in [0.29, 0.717) is 41.7 Å². The van der Waals surface area contributed by atoms with Crippen molar-refractivity contribution < 1.29 is 27.1 Å². The first-order valence-corrected chi connectivity index (χ1v) is 13.1. The summed E-state index contributed by atoms with van der Waals surface area (Å²) in [5.41, 5.74) is 0.333. The van der Waals surface area contributed by atoms with Gasteiger partial charge >= 0.3 is 0 Å². The summed E-state index contributed by atoms with van der Waals surface area (Å²) in [6.07, 6.45) is 1.13. The molecule has 0 bridgehead atoms. The zero-order chi connectivity index (χ0) is 23.4. The Bertz CT molecular complexity index is 1250. The van der Waals surface area contributed by atoms with Gasteiger partial charge in [-0.3, -0.25) is 14.6 Å². The Balaban J connectivity index is 0.00000324. The van der Waals surface area contributed by atoms with Crippen LogP contribution in [0.2, 0.25) is 0 Å². The highest BCUT2D eigenvalue weighted by Gasteiger charge is 2.24. The number of para-hydroxylation sites is 2. The smallest absolute Gasteiger partial charge is 0.266 e. The van der Waals surface area contributed by atoms with Gasteiger partial charge in [0.15, 0.2) is 33.1 Å². The number of hydrogen-bond acceptors (Lipinski definition) is 8. The molecule has 8 nitrogen and oxygen atoms in total. The molecule has 1 aromatic heterocycles. The van der Waals surface area contributed by atoms with Crippen LogP contribution >= 0.6 is 23.7 Å². The topological polar surface area (TPSA) is 89.0 Å². The average molecular weight is 530 g/mol. The van der Waals surface area contributed by atoms with Gasteiger partial charge in [-0.1, -0.05) is 29.5 Å². The number of carbonyl (C=O) groups is 1. The zero-order valence-corrected chi connectivity index (χ0v) is 20.9. The van der Waals surface area contributed by atoms with Crippen molar-refractivity contribution in [2.45, 2.75) is 4.90 Å². The first kappa shape index (κ1) is 26.3. The lowest BCUT2D eigenvalue weighted by molar-refractivity contribution is -0.120. The summed E-state index contributed by atoms with van der Waals surface area (Å²) in [4.78, 5) is 21.4. The molecule has 1 saturated heterocycles. The van der Waals surface area contributed by atoms with Crippen molar-refractivity contribution >= 4 is 54.8 Å². The molecule has 3 aromatic rings. The Morgan fingerprint density at radius 3 is 2.65 bits per heavy atom. The summed E-state index contributed by atoms with van der Waals surface area (Å²) < 4.78 is 49.8. The van der Waals surface area contributed by atoms with Crippen LogP contribution in [0.1, 0.15) is 0 Å². The molecule has 1 aliphatic heterocycles. The third-order valence-electron chi connectivity index (χ3n) is 5.23. The van der Waals surface area contributed by atoms with Crippen molar-refractivity contribution in [3.05, 3.63) is 48.3 Å². The molecule has 2 aromatic carbocycles. The third kappa shape index (κ3) is 6.22. The van der Waals surface area contributed by atoms with Crippen LogP contribution in [0.15, 0.2) is 47.4 Å². The van der Waals surface area contributed by atoms with E-state index in [9.17, 15) is 17.6 Å². The average Bonchev–Trinajstić information content (AvgIpc) is 3.22. The highest BCUT2D eigenvalue weighted by molar-refractivity contribution is 7.91. The molecule has 0 radical (unpaired) electrons. The molecule has 184 valence electrons. The number of sulfone groups is 1. The van der Waals surface area contributed by atoms with Crippen LogP contribution < -0.4 is 9.64 Å². The Labute approximate surface area is 207 Å². The predicted molar refractivity (Wildman–Crippen MR) is 131 cm³/mol. The molecule has 12 heteroatoms. The molecule has 1 amide bonds. The Morgan fingerprint density at radius 2 is 1.94 bits per heavy atom. The number of carbonyl (C=O) groups excluding carboxylic acids is 1. The number of hydrogen-bond donors (Lipinski definition) is 0. The summed E-state index contributed by atoms with van der Waals surface area (Å²) in [7, 11) is -3.49. The lowest BCUT2D eigenvalue weighted by atomic mass is 10.3. The molecule has 0 atom stereocenters. The van der Waals surface area contributed by atoms with Gasteiger partial charge in [-0.15, -0.1) is 12.4 Å². The number of nitrogens with zero attached hydrogens (tertiary/aromatic N) is 3. The number of anilines is 1. The zero-order valence-electron chi connectivity index (χ0n) is 18.5. The molecule has 0 N–H and O–H groups in total. The first-order valence-electron chi connectivity index (χ1n) is 10.4. The highest BCUT2D eigenvalue weighted by Crippen LogP contribution is 2.32. The molecular formula is C22H25ClFN3O5S2. The van der Waals surface area contributed by atoms with Crippen LogP contribution in [-0.2, 0) is 19.4 Å². The number of thiazole rings is 1. The van der Waals surface area contributed by atoms with E-state index in [-0.39, 0.29) is 29.7 Å². The lowest BCUT2D eigenvalue weighted by Gasteiger charge is -2.29. The van der Waals surface area contributed by atoms with E-state index in [4.69, 9.17) is 9.47 Å². The molecule has 0 spiro atoms. The van der Waals surface area contributed by atoms with E-state index in [1.54, 1.807) is 24.3 Å². The number of fused-ring (bicyclic) bond motifs is 1. The van der Waals surface area contributed by atoms with Crippen LogP contribution in [0.3, 0.4) is 0 Å². The van der Waals surface area contributed by atoms with Crippen molar-refractivity contribution in [1.29, 1.82) is 0 Å². The number of ether oxygens (including phenoxy) is 2. The Morgan fingerprint density at radius 1 is 1.21 bits per heavy atom. The molecule has 34 heavy (non-hydrogen) atoms. The van der Waals surface area contributed by atoms with E-state index >= 15 is 0 Å². The molecule has 0 unspecified atom stereocenters. The summed E-state index contributed by atoms with van der Waals surface area (Å²) >= 11 is 1.23. The van der Waals surface area contributed by atoms with Crippen molar-refractivity contribution in [3.8, 4) is 5.75 Å². The van der Waals surface area contributed by atoms with Gasteiger partial charge in [0.05, 0.1) is 22.8 Å². The number of aromatic nitrogens is 1. The summed E-state index contributed by atoms with van der Waals surface area (Å²) in [5, 5.41) is 0.372. The maximum absolute atomic E-state index is 13.9. The fourth-order valence-electron chi connectivity index (χ4n) is 3.50. The van der Waals surface area contributed by atoms with E-state index in [0.717, 1.165) is 19.3 Å². The molecule has 0 aliphatic carbocycles. The standard InChI is InChI=1S/C22H24FN3O5S2.ClH/c1-33(28,29)19-8-4-7-18-21(19)24-22(32-18)26(10-9-25-11-13-30-14-12-25)20(27)15-31-17-6-3-2-5-16(17)23;/h2-8H,9-15H2,1H3;1H. The second-order valence-electron chi connectivity index (χ2n) is 7.59. The van der Waals surface area contributed by atoms with E-state index < -0.39 is 21.6 Å². The van der Waals surface area contributed by atoms with Gasteiger partial charge in [-0.25, -0.2) is 17.8 Å². The number of morpholine rings is 1. The Kier molecular flexibility index (Phi) is 8.83. The van der Waals surface area contributed by atoms with Gasteiger partial charge in [0.2, 0.25) is 0 Å². The van der Waals surface area contributed by atoms with Crippen molar-refractivity contribution in [2.24, 2.45) is 0 Å². The molecule has 0 saturated carbocycles. The molecule has 1 aliphatic rings. The SMILES string of the molecule is CS(=O)(=O)c1cccc2sc(N(CCN3CCOCC3)C(=O)COc3ccccc3F)nc12.Cl. The summed E-state index contributed by atoms with van der Waals surface area (Å²) in [5.74, 6) is -0.961. The monoisotopic (exact) mass is 529 g/mol.